The number of hydrogen-bond acceptors (Lipinski definition) is 3. The number of hydrogen-bond donors (Lipinski definition) is 1. The third-order valence-electron chi connectivity index (χ3n) is 3.33. The fourth-order valence-corrected chi connectivity index (χ4v) is 2.22. The number of ether oxygens (including phenoxy) is 2. The predicted octanol–water partition coefficient (Wildman–Crippen LogP) is 1.94. The van der Waals surface area contributed by atoms with Crippen LogP contribution in [0.3, 0.4) is 0 Å². The lowest BCUT2D eigenvalue weighted by Crippen LogP contribution is -2.46. The van der Waals surface area contributed by atoms with Crippen LogP contribution in [0.15, 0.2) is 0 Å². The second kappa shape index (κ2) is 6.43. The molecule has 0 aromatic heterocycles. The van der Waals surface area contributed by atoms with Crippen LogP contribution >= 0.6 is 0 Å². The molecule has 0 bridgehead atoms. The van der Waals surface area contributed by atoms with Gasteiger partial charge in [-0.1, -0.05) is 0 Å². The lowest BCUT2D eigenvalue weighted by molar-refractivity contribution is -0.141. The molecule has 0 aliphatic heterocycles. The summed E-state index contributed by atoms with van der Waals surface area (Å²) in [6, 6.07) is -0.310. The number of carbonyl (C=O) groups is 1. The zero-order valence-corrected chi connectivity index (χ0v) is 11.0. The average molecular weight is 265 g/mol. The fourth-order valence-electron chi connectivity index (χ4n) is 2.22. The van der Waals surface area contributed by atoms with E-state index >= 15 is 0 Å². The summed E-state index contributed by atoms with van der Waals surface area (Å²) in [6.45, 7) is 1.76. The molecule has 1 aliphatic carbocycles. The van der Waals surface area contributed by atoms with Gasteiger partial charge >= 0.3 is 0 Å². The minimum absolute atomic E-state index is 0.197. The first kappa shape index (κ1) is 15.3. The molecule has 1 fully saturated rings. The summed E-state index contributed by atoms with van der Waals surface area (Å²) in [7, 11) is 2.97. The van der Waals surface area contributed by atoms with E-state index in [0.29, 0.717) is 0 Å². The van der Waals surface area contributed by atoms with E-state index in [1.165, 1.54) is 14.2 Å². The van der Waals surface area contributed by atoms with Crippen LogP contribution in [0.5, 0.6) is 0 Å². The van der Waals surface area contributed by atoms with E-state index in [1.54, 1.807) is 6.92 Å². The first-order valence-electron chi connectivity index (χ1n) is 6.13. The van der Waals surface area contributed by atoms with Crippen molar-refractivity contribution in [3.05, 3.63) is 0 Å². The van der Waals surface area contributed by atoms with E-state index in [2.05, 4.69) is 5.32 Å². The highest BCUT2D eigenvalue weighted by atomic mass is 19.3. The van der Waals surface area contributed by atoms with Gasteiger partial charge in [0.25, 0.3) is 0 Å². The second-order valence-corrected chi connectivity index (χ2v) is 4.77. The van der Waals surface area contributed by atoms with Crippen LogP contribution in [0.2, 0.25) is 0 Å². The van der Waals surface area contributed by atoms with Crippen molar-refractivity contribution < 1.29 is 23.0 Å². The SMILES string of the molecule is COC(OC)C(C)NC(=O)C1CCC(F)(F)CC1. The smallest absolute Gasteiger partial charge is 0.248 e. The number of halogens is 2. The van der Waals surface area contributed by atoms with E-state index in [9.17, 15) is 13.6 Å². The van der Waals surface area contributed by atoms with Gasteiger partial charge in [-0.3, -0.25) is 4.79 Å². The molecule has 1 saturated carbocycles. The Morgan fingerprint density at radius 1 is 1.28 bits per heavy atom. The molecule has 18 heavy (non-hydrogen) atoms. The topological polar surface area (TPSA) is 47.6 Å². The van der Waals surface area contributed by atoms with Crippen molar-refractivity contribution in [3.63, 3.8) is 0 Å². The van der Waals surface area contributed by atoms with Gasteiger partial charge < -0.3 is 14.8 Å². The number of amides is 1. The zero-order chi connectivity index (χ0) is 13.8. The van der Waals surface area contributed by atoms with Gasteiger partial charge in [-0.25, -0.2) is 8.78 Å². The van der Waals surface area contributed by atoms with Crippen molar-refractivity contribution in [3.8, 4) is 0 Å². The van der Waals surface area contributed by atoms with Gasteiger partial charge in [-0.15, -0.1) is 0 Å². The summed E-state index contributed by atoms with van der Waals surface area (Å²) in [5.74, 6) is -3.14. The highest BCUT2D eigenvalue weighted by Gasteiger charge is 2.37. The summed E-state index contributed by atoms with van der Waals surface area (Å²) in [5, 5.41) is 2.75. The maximum absolute atomic E-state index is 13.0. The number of carbonyl (C=O) groups excluding carboxylic acids is 1. The van der Waals surface area contributed by atoms with Crippen molar-refractivity contribution in [2.75, 3.05) is 14.2 Å². The molecule has 106 valence electrons. The molecule has 1 rings (SSSR count). The Hall–Kier alpha value is -0.750. The van der Waals surface area contributed by atoms with Crippen LogP contribution in [0.4, 0.5) is 8.78 Å². The second-order valence-electron chi connectivity index (χ2n) is 4.77. The molecule has 6 heteroatoms. The molecule has 0 aromatic rings. The van der Waals surface area contributed by atoms with Crippen LogP contribution in [-0.2, 0) is 14.3 Å². The van der Waals surface area contributed by atoms with Crippen LogP contribution in [0.25, 0.3) is 0 Å². The normalized spacial score (nSPS) is 21.9. The van der Waals surface area contributed by atoms with Crippen molar-refractivity contribution in [2.45, 2.75) is 50.9 Å². The number of alkyl halides is 2. The largest absolute Gasteiger partial charge is 0.354 e. The first-order chi connectivity index (χ1) is 8.39. The third-order valence-corrected chi connectivity index (χ3v) is 3.33. The molecular formula is C12H21F2NO3. The van der Waals surface area contributed by atoms with Crippen LogP contribution in [0, 0.1) is 5.92 Å². The van der Waals surface area contributed by atoms with E-state index in [4.69, 9.17) is 9.47 Å². The van der Waals surface area contributed by atoms with E-state index in [-0.39, 0.29) is 43.6 Å². The van der Waals surface area contributed by atoms with Crippen LogP contribution < -0.4 is 5.32 Å². The third kappa shape index (κ3) is 4.17. The Morgan fingerprint density at radius 2 is 1.78 bits per heavy atom. The summed E-state index contributed by atoms with van der Waals surface area (Å²) < 4.78 is 36.0. The van der Waals surface area contributed by atoms with Crippen molar-refractivity contribution >= 4 is 5.91 Å². The first-order valence-corrected chi connectivity index (χ1v) is 6.13. The molecule has 1 aliphatic rings. The van der Waals surface area contributed by atoms with Gasteiger partial charge in [0.2, 0.25) is 11.8 Å². The Kier molecular flexibility index (Phi) is 5.47. The predicted molar refractivity (Wildman–Crippen MR) is 62.3 cm³/mol. The van der Waals surface area contributed by atoms with Gasteiger partial charge in [-0.05, 0) is 19.8 Å². The Labute approximate surface area is 106 Å². The number of rotatable bonds is 5. The number of methoxy groups -OCH3 is 2. The minimum atomic E-state index is -2.61. The Morgan fingerprint density at radius 3 is 2.22 bits per heavy atom. The van der Waals surface area contributed by atoms with Crippen LogP contribution in [0.1, 0.15) is 32.6 Å². The van der Waals surface area contributed by atoms with E-state index in [0.717, 1.165) is 0 Å². The van der Waals surface area contributed by atoms with Crippen molar-refractivity contribution in [1.82, 2.24) is 5.32 Å². The summed E-state index contributed by atoms with van der Waals surface area (Å²) in [6.07, 6.45) is -0.486. The highest BCUT2D eigenvalue weighted by Crippen LogP contribution is 2.36. The molecule has 1 unspecified atom stereocenters. The van der Waals surface area contributed by atoms with Gasteiger partial charge in [0, 0.05) is 33.0 Å². The number of nitrogens with one attached hydrogen (secondary N) is 1. The fraction of sp³-hybridized carbons (Fsp3) is 0.917. The monoisotopic (exact) mass is 265 g/mol. The standard InChI is InChI=1S/C12H21F2NO3/c1-8(11(17-2)18-3)15-10(16)9-4-6-12(13,14)7-5-9/h8-9,11H,4-7H2,1-3H3,(H,15,16). The van der Waals surface area contributed by atoms with E-state index < -0.39 is 12.2 Å². The van der Waals surface area contributed by atoms with Crippen LogP contribution in [-0.4, -0.2) is 38.4 Å². The molecule has 1 atom stereocenters. The minimum Gasteiger partial charge on any atom is -0.354 e. The Balaban J connectivity index is 2.42. The van der Waals surface area contributed by atoms with E-state index in [1.807, 2.05) is 0 Å². The van der Waals surface area contributed by atoms with Gasteiger partial charge in [0.15, 0.2) is 6.29 Å². The molecule has 4 nitrogen and oxygen atoms in total. The summed E-state index contributed by atoms with van der Waals surface area (Å²) >= 11 is 0. The Bertz CT molecular complexity index is 272. The molecule has 0 radical (unpaired) electrons. The maximum Gasteiger partial charge on any atom is 0.248 e. The molecular weight excluding hydrogens is 244 g/mol. The van der Waals surface area contributed by atoms with Crippen molar-refractivity contribution in [2.24, 2.45) is 5.92 Å². The summed E-state index contributed by atoms with van der Waals surface area (Å²) in [5.41, 5.74) is 0. The maximum atomic E-state index is 13.0. The van der Waals surface area contributed by atoms with Crippen molar-refractivity contribution in [1.29, 1.82) is 0 Å². The molecule has 1 N–H and O–H groups in total. The van der Waals surface area contributed by atoms with Gasteiger partial charge in [-0.2, -0.15) is 0 Å². The van der Waals surface area contributed by atoms with Gasteiger partial charge in [0.1, 0.15) is 0 Å². The molecule has 0 spiro atoms. The highest BCUT2D eigenvalue weighted by molar-refractivity contribution is 5.79. The van der Waals surface area contributed by atoms with Gasteiger partial charge in [0.05, 0.1) is 6.04 Å². The lowest BCUT2D eigenvalue weighted by Gasteiger charge is -2.29. The quantitative estimate of drug-likeness (QED) is 0.773. The zero-order valence-electron chi connectivity index (χ0n) is 11.0. The molecule has 0 heterocycles. The molecule has 1 amide bonds. The molecule has 0 aromatic carbocycles. The average Bonchev–Trinajstić information content (AvgIpc) is 2.30. The lowest BCUT2D eigenvalue weighted by atomic mass is 9.86. The molecule has 0 saturated heterocycles. The summed E-state index contributed by atoms with van der Waals surface area (Å²) in [4.78, 5) is 11.9.